The van der Waals surface area contributed by atoms with Gasteiger partial charge in [-0.2, -0.15) is 0 Å². The summed E-state index contributed by atoms with van der Waals surface area (Å²) in [4.78, 5) is 12.5. The smallest absolute Gasteiger partial charge is 0.278 e. The van der Waals surface area contributed by atoms with Gasteiger partial charge in [0.25, 0.3) is 5.24 Å². The summed E-state index contributed by atoms with van der Waals surface area (Å²) in [7, 11) is 1.77. The van der Waals surface area contributed by atoms with Crippen LogP contribution in [0.15, 0.2) is 24.3 Å². The largest absolute Gasteiger partial charge is 0.337 e. The molecule has 0 aliphatic carbocycles. The van der Waals surface area contributed by atoms with Gasteiger partial charge in [-0.15, -0.1) is 0 Å². The number of benzene rings is 1. The van der Waals surface area contributed by atoms with Gasteiger partial charge in [0, 0.05) is 13.6 Å². The summed E-state index contributed by atoms with van der Waals surface area (Å²) in [5, 5.41) is -0.179. The fraction of sp³-hybridized carbons (Fsp3) is 0.500. The Labute approximate surface area is 109 Å². The minimum atomic E-state index is -0.179. The van der Waals surface area contributed by atoms with Crippen LogP contribution in [-0.2, 0) is 12.8 Å². The molecule has 1 aromatic carbocycles. The molecule has 0 unspecified atom stereocenters. The van der Waals surface area contributed by atoms with Crippen LogP contribution in [0, 0.1) is 5.92 Å². The highest BCUT2D eigenvalue weighted by atomic mass is 32.1. The quantitative estimate of drug-likeness (QED) is 0.795. The molecule has 0 atom stereocenters. The lowest BCUT2D eigenvalue weighted by Gasteiger charge is -2.13. The fourth-order valence-corrected chi connectivity index (χ4v) is 1.81. The van der Waals surface area contributed by atoms with Gasteiger partial charge in [-0.05, 0) is 29.9 Å². The highest BCUT2D eigenvalue weighted by Gasteiger charge is 2.03. The van der Waals surface area contributed by atoms with Crippen molar-refractivity contribution in [2.45, 2.75) is 26.7 Å². The molecule has 0 N–H and O–H groups in total. The number of thiol groups is 1. The van der Waals surface area contributed by atoms with Crippen LogP contribution in [0.25, 0.3) is 0 Å². The Morgan fingerprint density at radius 3 is 2.24 bits per heavy atom. The van der Waals surface area contributed by atoms with Crippen LogP contribution in [0.2, 0.25) is 0 Å². The number of hydrogen-bond donors (Lipinski definition) is 1. The minimum Gasteiger partial charge on any atom is -0.337 e. The molecule has 1 amide bonds. The number of amides is 1. The molecule has 0 aliphatic rings. The molecule has 0 saturated heterocycles. The highest BCUT2D eigenvalue weighted by Crippen LogP contribution is 2.10. The van der Waals surface area contributed by atoms with E-state index in [4.69, 9.17) is 0 Å². The molecule has 0 aromatic heterocycles. The van der Waals surface area contributed by atoms with Gasteiger partial charge in [-0.1, -0.05) is 50.7 Å². The van der Waals surface area contributed by atoms with Crippen LogP contribution in [0.1, 0.15) is 25.0 Å². The van der Waals surface area contributed by atoms with Crippen molar-refractivity contribution in [2.75, 3.05) is 13.6 Å². The second kappa shape index (κ2) is 6.70. The van der Waals surface area contributed by atoms with E-state index in [-0.39, 0.29) is 5.24 Å². The van der Waals surface area contributed by atoms with Crippen molar-refractivity contribution in [3.8, 4) is 0 Å². The zero-order valence-corrected chi connectivity index (χ0v) is 11.7. The maximum atomic E-state index is 10.9. The molecular formula is C14H21NOS. The average Bonchev–Trinajstić information content (AvgIpc) is 2.26. The molecule has 94 valence electrons. The Balaban J connectivity index is 2.48. The molecule has 0 fully saturated rings. The average molecular weight is 251 g/mol. The van der Waals surface area contributed by atoms with Gasteiger partial charge in [0.15, 0.2) is 0 Å². The molecule has 1 rings (SSSR count). The summed E-state index contributed by atoms with van der Waals surface area (Å²) in [5.41, 5.74) is 2.64. The van der Waals surface area contributed by atoms with E-state index in [1.165, 1.54) is 11.1 Å². The van der Waals surface area contributed by atoms with Crippen molar-refractivity contribution in [3.05, 3.63) is 35.4 Å². The van der Waals surface area contributed by atoms with Crippen molar-refractivity contribution in [1.29, 1.82) is 0 Å². The third-order valence-corrected chi connectivity index (χ3v) is 3.07. The predicted molar refractivity (Wildman–Crippen MR) is 75.7 cm³/mol. The number of likely N-dealkylation sites (N-methyl/N-ethyl adjacent to an activating group) is 1. The summed E-state index contributed by atoms with van der Waals surface area (Å²) in [5.74, 6) is 0.689. The van der Waals surface area contributed by atoms with E-state index in [1.54, 1.807) is 11.9 Å². The first-order valence-electron chi connectivity index (χ1n) is 6.01. The SMILES string of the molecule is CC(C)Cc1ccc(CCN(C)C(=O)S)cc1. The van der Waals surface area contributed by atoms with E-state index in [1.807, 2.05) is 0 Å². The van der Waals surface area contributed by atoms with E-state index >= 15 is 0 Å². The Hall–Kier alpha value is -0.960. The monoisotopic (exact) mass is 251 g/mol. The molecule has 2 nitrogen and oxygen atoms in total. The van der Waals surface area contributed by atoms with Crippen molar-refractivity contribution in [1.82, 2.24) is 4.90 Å². The third-order valence-electron chi connectivity index (χ3n) is 2.73. The maximum absolute atomic E-state index is 10.9. The predicted octanol–water partition coefficient (Wildman–Crippen LogP) is 3.41. The Morgan fingerprint density at radius 2 is 1.76 bits per heavy atom. The number of hydrogen-bond acceptors (Lipinski definition) is 1. The summed E-state index contributed by atoms with van der Waals surface area (Å²) >= 11 is 3.78. The molecule has 0 heterocycles. The molecule has 0 bridgehead atoms. The van der Waals surface area contributed by atoms with E-state index in [0.717, 1.165) is 12.8 Å². The summed E-state index contributed by atoms with van der Waals surface area (Å²) in [6.45, 7) is 5.16. The van der Waals surface area contributed by atoms with Gasteiger partial charge < -0.3 is 4.90 Å². The molecule has 3 heteroatoms. The number of rotatable bonds is 5. The number of nitrogens with zero attached hydrogens (tertiary/aromatic N) is 1. The molecule has 0 aliphatic heterocycles. The van der Waals surface area contributed by atoms with Crippen molar-refractivity contribution < 1.29 is 4.79 Å². The molecule has 1 aromatic rings. The maximum Gasteiger partial charge on any atom is 0.278 e. The molecule has 0 radical (unpaired) electrons. The normalized spacial score (nSPS) is 10.6. The van der Waals surface area contributed by atoms with Gasteiger partial charge in [0.2, 0.25) is 0 Å². The van der Waals surface area contributed by atoms with Crippen LogP contribution in [0.3, 0.4) is 0 Å². The summed E-state index contributed by atoms with van der Waals surface area (Å²) < 4.78 is 0. The van der Waals surface area contributed by atoms with E-state index in [9.17, 15) is 4.79 Å². The van der Waals surface area contributed by atoms with Gasteiger partial charge in [-0.3, -0.25) is 4.79 Å². The van der Waals surface area contributed by atoms with Crippen LogP contribution in [0.5, 0.6) is 0 Å². The standard InChI is InChI=1S/C14H21NOS/c1-11(2)10-13-6-4-12(5-7-13)8-9-15(3)14(16)17/h4-7,11H,8-10H2,1-3H3,(H,16,17). The first kappa shape index (κ1) is 14.1. The second-order valence-corrected chi connectivity index (χ2v) is 5.25. The van der Waals surface area contributed by atoms with E-state index < -0.39 is 0 Å². The second-order valence-electron chi connectivity index (χ2n) is 4.87. The van der Waals surface area contributed by atoms with E-state index in [0.29, 0.717) is 12.5 Å². The lowest BCUT2D eigenvalue weighted by atomic mass is 10.0. The fourth-order valence-electron chi connectivity index (χ4n) is 1.71. The first-order chi connectivity index (χ1) is 7.99. The van der Waals surface area contributed by atoms with Gasteiger partial charge in [0.1, 0.15) is 0 Å². The molecule has 17 heavy (non-hydrogen) atoms. The Kier molecular flexibility index (Phi) is 5.56. The van der Waals surface area contributed by atoms with Crippen LogP contribution in [-0.4, -0.2) is 23.7 Å². The van der Waals surface area contributed by atoms with Gasteiger partial charge in [-0.25, -0.2) is 0 Å². The lowest BCUT2D eigenvalue weighted by molar-refractivity contribution is 0.234. The van der Waals surface area contributed by atoms with Gasteiger partial charge >= 0.3 is 0 Å². The van der Waals surface area contributed by atoms with Crippen LogP contribution >= 0.6 is 12.6 Å². The highest BCUT2D eigenvalue weighted by molar-refractivity contribution is 7.96. The summed E-state index contributed by atoms with van der Waals surface area (Å²) in [6.07, 6.45) is 2.00. The molecule has 0 saturated carbocycles. The lowest BCUT2D eigenvalue weighted by Crippen LogP contribution is -2.23. The zero-order valence-electron chi connectivity index (χ0n) is 10.8. The Bertz CT molecular complexity index is 359. The molecule has 0 spiro atoms. The minimum absolute atomic E-state index is 0.179. The van der Waals surface area contributed by atoms with Crippen molar-refractivity contribution in [3.63, 3.8) is 0 Å². The van der Waals surface area contributed by atoms with Crippen molar-refractivity contribution in [2.24, 2.45) is 5.92 Å². The van der Waals surface area contributed by atoms with Crippen LogP contribution < -0.4 is 0 Å². The van der Waals surface area contributed by atoms with Crippen LogP contribution in [0.4, 0.5) is 4.79 Å². The first-order valence-corrected chi connectivity index (χ1v) is 6.45. The zero-order chi connectivity index (χ0) is 12.8. The van der Waals surface area contributed by atoms with Crippen molar-refractivity contribution >= 4 is 17.9 Å². The number of carbonyl (C=O) groups excluding carboxylic acids is 1. The van der Waals surface area contributed by atoms with Gasteiger partial charge in [0.05, 0.1) is 0 Å². The number of carbonyl (C=O) groups is 1. The topological polar surface area (TPSA) is 20.3 Å². The summed E-state index contributed by atoms with van der Waals surface area (Å²) in [6, 6.07) is 8.65. The third kappa shape index (κ3) is 5.26. The Morgan fingerprint density at radius 1 is 1.24 bits per heavy atom. The van der Waals surface area contributed by atoms with E-state index in [2.05, 4.69) is 50.7 Å². The molecular weight excluding hydrogens is 230 g/mol.